The van der Waals surface area contributed by atoms with Gasteiger partial charge in [-0.3, -0.25) is 4.79 Å². The molecule has 1 aliphatic rings. The fraction of sp³-hybridized carbons (Fsp3) is 0.833. The third-order valence-electron chi connectivity index (χ3n) is 1.44. The zero-order valence-corrected chi connectivity index (χ0v) is 5.83. The average Bonchev–Trinajstić information content (AvgIpc) is 2.15. The Kier molecular flexibility index (Phi) is 2.24. The number of carbonyl (C=O) groups excluding carboxylic acids is 1. The van der Waals surface area contributed by atoms with E-state index in [4.69, 9.17) is 9.84 Å². The van der Waals surface area contributed by atoms with Crippen LogP contribution in [-0.2, 0) is 9.53 Å². The first-order valence-electron chi connectivity index (χ1n) is 3.23. The van der Waals surface area contributed by atoms with Gasteiger partial charge in [-0.2, -0.15) is 0 Å². The van der Waals surface area contributed by atoms with Crippen LogP contribution in [0.2, 0.25) is 0 Å². The van der Waals surface area contributed by atoms with Crippen molar-refractivity contribution in [1.82, 2.24) is 5.32 Å². The lowest BCUT2D eigenvalue weighted by Gasteiger charge is -2.11. The standard InChI is InChI=1S/C6H11NO3/c1-4(8)7-5-2-10-3-6(5)9/h5-6,9H,2-3H2,1H3,(H,7,8)/t5-,6-/m0/s1. The maximum absolute atomic E-state index is 10.5. The van der Waals surface area contributed by atoms with Crippen molar-refractivity contribution in [3.8, 4) is 0 Å². The van der Waals surface area contributed by atoms with E-state index >= 15 is 0 Å². The van der Waals surface area contributed by atoms with Crippen molar-refractivity contribution in [2.24, 2.45) is 0 Å². The zero-order chi connectivity index (χ0) is 7.56. The predicted octanol–water partition coefficient (Wildman–Crippen LogP) is -1.12. The normalized spacial score (nSPS) is 32.2. The highest BCUT2D eigenvalue weighted by molar-refractivity contribution is 5.73. The van der Waals surface area contributed by atoms with Gasteiger partial charge in [-0.05, 0) is 0 Å². The van der Waals surface area contributed by atoms with Gasteiger partial charge >= 0.3 is 0 Å². The topological polar surface area (TPSA) is 58.6 Å². The van der Waals surface area contributed by atoms with Gasteiger partial charge in [-0.15, -0.1) is 0 Å². The molecule has 0 unspecified atom stereocenters. The fourth-order valence-electron chi connectivity index (χ4n) is 0.942. The Bertz CT molecular complexity index is 137. The third-order valence-corrected chi connectivity index (χ3v) is 1.44. The van der Waals surface area contributed by atoms with Crippen molar-refractivity contribution in [2.75, 3.05) is 13.2 Å². The molecule has 1 heterocycles. The maximum Gasteiger partial charge on any atom is 0.217 e. The third kappa shape index (κ3) is 1.68. The Morgan fingerprint density at radius 3 is 2.80 bits per heavy atom. The van der Waals surface area contributed by atoms with Gasteiger partial charge in [0.15, 0.2) is 0 Å². The Hall–Kier alpha value is -0.610. The van der Waals surface area contributed by atoms with E-state index in [9.17, 15) is 4.79 Å². The second kappa shape index (κ2) is 2.98. The molecular formula is C6H11NO3. The molecule has 0 radical (unpaired) electrons. The monoisotopic (exact) mass is 145 g/mol. The van der Waals surface area contributed by atoms with Crippen LogP contribution >= 0.6 is 0 Å². The summed E-state index contributed by atoms with van der Waals surface area (Å²) < 4.78 is 4.91. The summed E-state index contributed by atoms with van der Waals surface area (Å²) in [5, 5.41) is 11.7. The summed E-state index contributed by atoms with van der Waals surface area (Å²) in [6.45, 7) is 2.16. The number of amides is 1. The predicted molar refractivity (Wildman–Crippen MR) is 34.4 cm³/mol. The molecule has 0 aromatic heterocycles. The molecule has 4 heteroatoms. The summed E-state index contributed by atoms with van der Waals surface area (Å²) in [6, 6.07) is -0.211. The number of hydrogen-bond donors (Lipinski definition) is 2. The van der Waals surface area contributed by atoms with Crippen molar-refractivity contribution >= 4 is 5.91 Å². The van der Waals surface area contributed by atoms with Crippen molar-refractivity contribution < 1.29 is 14.6 Å². The second-order valence-electron chi connectivity index (χ2n) is 2.41. The molecule has 1 aliphatic heterocycles. The summed E-state index contributed by atoms with van der Waals surface area (Å²) in [5.74, 6) is -0.130. The van der Waals surface area contributed by atoms with Crippen molar-refractivity contribution in [1.29, 1.82) is 0 Å². The number of ether oxygens (including phenoxy) is 1. The van der Waals surface area contributed by atoms with Gasteiger partial charge in [0.25, 0.3) is 0 Å². The van der Waals surface area contributed by atoms with Crippen molar-refractivity contribution in [3.63, 3.8) is 0 Å². The summed E-state index contributed by atoms with van der Waals surface area (Å²) in [4.78, 5) is 10.5. The van der Waals surface area contributed by atoms with Crippen LogP contribution in [0.15, 0.2) is 0 Å². The van der Waals surface area contributed by atoms with E-state index in [1.807, 2.05) is 0 Å². The Labute approximate surface area is 59.2 Å². The fourth-order valence-corrected chi connectivity index (χ4v) is 0.942. The van der Waals surface area contributed by atoms with Crippen LogP contribution in [0.1, 0.15) is 6.92 Å². The Balaban J connectivity index is 2.33. The van der Waals surface area contributed by atoms with Gasteiger partial charge in [0.2, 0.25) is 5.91 Å². The first kappa shape index (κ1) is 7.50. The number of hydrogen-bond acceptors (Lipinski definition) is 3. The van der Waals surface area contributed by atoms with Crippen LogP contribution in [-0.4, -0.2) is 36.4 Å². The molecule has 58 valence electrons. The quantitative estimate of drug-likeness (QED) is 0.491. The molecule has 1 saturated heterocycles. The minimum Gasteiger partial charge on any atom is -0.388 e. The first-order chi connectivity index (χ1) is 4.70. The summed E-state index contributed by atoms with van der Waals surface area (Å²) >= 11 is 0. The van der Waals surface area contributed by atoms with E-state index in [0.29, 0.717) is 13.2 Å². The first-order valence-corrected chi connectivity index (χ1v) is 3.23. The minimum atomic E-state index is -0.538. The van der Waals surface area contributed by atoms with Gasteiger partial charge in [0.1, 0.15) is 0 Å². The smallest absolute Gasteiger partial charge is 0.217 e. The van der Waals surface area contributed by atoms with Crippen LogP contribution < -0.4 is 5.32 Å². The number of nitrogens with one attached hydrogen (secondary N) is 1. The van der Waals surface area contributed by atoms with Crippen molar-refractivity contribution in [3.05, 3.63) is 0 Å². The number of rotatable bonds is 1. The molecule has 0 bridgehead atoms. The van der Waals surface area contributed by atoms with E-state index in [-0.39, 0.29) is 11.9 Å². The number of carbonyl (C=O) groups is 1. The number of aliphatic hydroxyl groups is 1. The highest BCUT2D eigenvalue weighted by Gasteiger charge is 2.26. The molecule has 0 aromatic carbocycles. The van der Waals surface area contributed by atoms with Crippen LogP contribution in [0.4, 0.5) is 0 Å². The van der Waals surface area contributed by atoms with Gasteiger partial charge in [0, 0.05) is 6.92 Å². The molecule has 2 N–H and O–H groups in total. The molecule has 1 fully saturated rings. The van der Waals surface area contributed by atoms with Crippen LogP contribution in [0, 0.1) is 0 Å². The highest BCUT2D eigenvalue weighted by Crippen LogP contribution is 2.03. The van der Waals surface area contributed by atoms with E-state index in [1.54, 1.807) is 0 Å². The van der Waals surface area contributed by atoms with Gasteiger partial charge in [-0.1, -0.05) is 0 Å². The summed E-state index contributed by atoms with van der Waals surface area (Å²) in [6.07, 6.45) is -0.538. The lowest BCUT2D eigenvalue weighted by molar-refractivity contribution is -0.120. The lowest BCUT2D eigenvalue weighted by Crippen LogP contribution is -2.41. The summed E-state index contributed by atoms with van der Waals surface area (Å²) in [5.41, 5.74) is 0. The average molecular weight is 145 g/mol. The van der Waals surface area contributed by atoms with E-state index in [2.05, 4.69) is 5.32 Å². The van der Waals surface area contributed by atoms with E-state index in [1.165, 1.54) is 6.92 Å². The second-order valence-corrected chi connectivity index (χ2v) is 2.41. The largest absolute Gasteiger partial charge is 0.388 e. The molecule has 0 aromatic rings. The van der Waals surface area contributed by atoms with Crippen molar-refractivity contribution in [2.45, 2.75) is 19.1 Å². The molecule has 1 rings (SSSR count). The lowest BCUT2D eigenvalue weighted by atomic mass is 10.2. The van der Waals surface area contributed by atoms with E-state index < -0.39 is 6.10 Å². The molecule has 1 amide bonds. The molecule has 4 nitrogen and oxygen atoms in total. The van der Waals surface area contributed by atoms with E-state index in [0.717, 1.165) is 0 Å². The van der Waals surface area contributed by atoms with Crippen LogP contribution in [0.5, 0.6) is 0 Å². The molecule has 0 saturated carbocycles. The highest BCUT2D eigenvalue weighted by atomic mass is 16.5. The SMILES string of the molecule is CC(=O)N[C@H]1COC[C@@H]1O. The minimum absolute atomic E-state index is 0.130. The molecule has 10 heavy (non-hydrogen) atoms. The van der Waals surface area contributed by atoms with Crippen LogP contribution in [0.3, 0.4) is 0 Å². The molecule has 0 aliphatic carbocycles. The van der Waals surface area contributed by atoms with Gasteiger partial charge in [-0.25, -0.2) is 0 Å². The molecule has 0 spiro atoms. The van der Waals surface area contributed by atoms with Gasteiger partial charge < -0.3 is 15.2 Å². The Morgan fingerprint density at radius 1 is 1.70 bits per heavy atom. The van der Waals surface area contributed by atoms with Crippen LogP contribution in [0.25, 0.3) is 0 Å². The molecular weight excluding hydrogens is 134 g/mol. The maximum atomic E-state index is 10.5. The summed E-state index contributed by atoms with van der Waals surface area (Å²) in [7, 11) is 0. The number of aliphatic hydroxyl groups excluding tert-OH is 1. The zero-order valence-electron chi connectivity index (χ0n) is 5.83. The van der Waals surface area contributed by atoms with Gasteiger partial charge in [0.05, 0.1) is 25.4 Å². The Morgan fingerprint density at radius 2 is 2.40 bits per heavy atom. The molecule has 2 atom stereocenters.